The van der Waals surface area contributed by atoms with Crippen LogP contribution in [0.15, 0.2) is 36.5 Å². The van der Waals surface area contributed by atoms with E-state index in [9.17, 15) is 9.59 Å². The second-order valence-electron chi connectivity index (χ2n) is 7.29. The Morgan fingerprint density at radius 2 is 1.97 bits per heavy atom. The number of hydrogen-bond acceptors (Lipinski definition) is 6. The number of hydrogen-bond donors (Lipinski definition) is 1. The van der Waals surface area contributed by atoms with Crippen LogP contribution in [0.1, 0.15) is 41.3 Å². The molecule has 1 N–H and O–H groups in total. The molecule has 1 fully saturated rings. The molecule has 1 aliphatic rings. The minimum atomic E-state index is -0.566. The number of amides is 1. The summed E-state index contributed by atoms with van der Waals surface area (Å²) in [5.41, 5.74) is 3.14. The van der Waals surface area contributed by atoms with E-state index in [1.807, 2.05) is 30.0 Å². The molecule has 0 atom stereocenters. The Hall–Kier alpha value is -2.93. The fraction of sp³-hybridized carbons (Fsp3) is 0.409. The van der Waals surface area contributed by atoms with Crippen LogP contribution in [0.3, 0.4) is 0 Å². The Morgan fingerprint density at radius 3 is 2.69 bits per heavy atom. The summed E-state index contributed by atoms with van der Waals surface area (Å²) >= 11 is 0. The van der Waals surface area contributed by atoms with Crippen molar-refractivity contribution in [2.24, 2.45) is 0 Å². The Bertz CT molecular complexity index is 876. The quantitative estimate of drug-likeness (QED) is 0.755. The highest BCUT2D eigenvalue weighted by Crippen LogP contribution is 2.27. The molecule has 0 radical (unpaired) electrons. The zero-order valence-corrected chi connectivity index (χ0v) is 17.1. The van der Waals surface area contributed by atoms with Crippen molar-refractivity contribution in [2.45, 2.75) is 26.7 Å². The van der Waals surface area contributed by atoms with E-state index in [1.54, 1.807) is 18.3 Å². The molecule has 2 aromatic rings. The maximum absolute atomic E-state index is 12.6. The smallest absolute Gasteiger partial charge is 0.342 e. The van der Waals surface area contributed by atoms with Crippen molar-refractivity contribution < 1.29 is 19.1 Å². The van der Waals surface area contributed by atoms with Gasteiger partial charge in [0, 0.05) is 25.0 Å². The predicted molar refractivity (Wildman–Crippen MR) is 111 cm³/mol. The number of aromatic nitrogens is 1. The van der Waals surface area contributed by atoms with E-state index in [0.717, 1.165) is 16.8 Å². The lowest BCUT2D eigenvalue weighted by Gasteiger charge is -2.28. The van der Waals surface area contributed by atoms with E-state index in [2.05, 4.69) is 24.1 Å². The summed E-state index contributed by atoms with van der Waals surface area (Å²) in [6, 6.07) is 9.25. The number of carbonyl (C=O) groups is 2. The van der Waals surface area contributed by atoms with Crippen molar-refractivity contribution >= 4 is 23.4 Å². The summed E-state index contributed by atoms with van der Waals surface area (Å²) in [6.07, 6.45) is 1.64. The molecule has 1 aromatic heterocycles. The molecule has 7 nitrogen and oxygen atoms in total. The van der Waals surface area contributed by atoms with Crippen molar-refractivity contribution in [3.05, 3.63) is 53.2 Å². The van der Waals surface area contributed by atoms with Gasteiger partial charge in [0.1, 0.15) is 11.4 Å². The number of nitrogens with one attached hydrogen (secondary N) is 1. The molecule has 0 bridgehead atoms. The van der Waals surface area contributed by atoms with E-state index >= 15 is 0 Å². The van der Waals surface area contributed by atoms with Crippen LogP contribution < -0.4 is 10.2 Å². The zero-order chi connectivity index (χ0) is 20.8. The average molecular weight is 397 g/mol. The number of pyridine rings is 1. The third kappa shape index (κ3) is 5.12. The van der Waals surface area contributed by atoms with Crippen LogP contribution in [0.4, 0.5) is 11.5 Å². The minimum absolute atomic E-state index is 0.263. The topological polar surface area (TPSA) is 80.8 Å². The lowest BCUT2D eigenvalue weighted by molar-refractivity contribution is -0.119. The zero-order valence-electron chi connectivity index (χ0n) is 17.1. The monoisotopic (exact) mass is 397 g/mol. The predicted octanol–water partition coefficient (Wildman–Crippen LogP) is 3.15. The van der Waals surface area contributed by atoms with Crippen molar-refractivity contribution in [2.75, 3.05) is 43.1 Å². The van der Waals surface area contributed by atoms with Crippen molar-refractivity contribution in [1.29, 1.82) is 0 Å². The van der Waals surface area contributed by atoms with Crippen molar-refractivity contribution in [3.8, 4) is 0 Å². The van der Waals surface area contributed by atoms with Gasteiger partial charge in [-0.25, -0.2) is 9.78 Å². The number of rotatable bonds is 6. The lowest BCUT2D eigenvalue weighted by atomic mass is 9.98. The molecule has 1 saturated heterocycles. The normalized spacial score (nSPS) is 14.0. The van der Waals surface area contributed by atoms with E-state index in [1.165, 1.54) is 0 Å². The highest BCUT2D eigenvalue weighted by Gasteiger charge is 2.21. The average Bonchev–Trinajstić information content (AvgIpc) is 2.74. The van der Waals surface area contributed by atoms with Crippen LogP contribution in [0, 0.1) is 6.92 Å². The molecule has 7 heteroatoms. The van der Waals surface area contributed by atoms with Gasteiger partial charge in [-0.15, -0.1) is 0 Å². The molecule has 154 valence electrons. The molecular formula is C22H27N3O4. The summed E-state index contributed by atoms with van der Waals surface area (Å²) in [7, 11) is 0. The van der Waals surface area contributed by atoms with Crippen LogP contribution in [0.25, 0.3) is 0 Å². The summed E-state index contributed by atoms with van der Waals surface area (Å²) in [5.74, 6) is -0.114. The third-order valence-corrected chi connectivity index (χ3v) is 4.84. The Kier molecular flexibility index (Phi) is 6.82. The van der Waals surface area contributed by atoms with Gasteiger partial charge in [0.25, 0.3) is 5.91 Å². The Balaban J connectivity index is 1.65. The van der Waals surface area contributed by atoms with Crippen LogP contribution >= 0.6 is 0 Å². The summed E-state index contributed by atoms with van der Waals surface area (Å²) in [5, 5.41) is 2.89. The van der Waals surface area contributed by atoms with Crippen molar-refractivity contribution in [3.63, 3.8) is 0 Å². The first-order chi connectivity index (χ1) is 14.0. The van der Waals surface area contributed by atoms with E-state index in [-0.39, 0.29) is 18.4 Å². The molecule has 0 unspecified atom stereocenters. The number of morpholine rings is 1. The maximum atomic E-state index is 12.6. The van der Waals surface area contributed by atoms with Crippen molar-refractivity contribution in [1.82, 2.24) is 4.98 Å². The van der Waals surface area contributed by atoms with Crippen LogP contribution in [-0.4, -0.2) is 49.8 Å². The van der Waals surface area contributed by atoms with Gasteiger partial charge in [-0.3, -0.25) is 4.79 Å². The Labute approximate surface area is 171 Å². The molecule has 3 rings (SSSR count). The number of benzene rings is 1. The maximum Gasteiger partial charge on any atom is 0.342 e. The number of anilines is 2. The first-order valence-corrected chi connectivity index (χ1v) is 9.81. The fourth-order valence-corrected chi connectivity index (χ4v) is 3.31. The van der Waals surface area contributed by atoms with E-state index in [4.69, 9.17) is 9.47 Å². The molecule has 1 aromatic carbocycles. The van der Waals surface area contributed by atoms with E-state index < -0.39 is 5.97 Å². The van der Waals surface area contributed by atoms with Crippen LogP contribution in [-0.2, 0) is 14.3 Å². The van der Waals surface area contributed by atoms with Gasteiger partial charge in [0.15, 0.2) is 6.61 Å². The molecule has 0 saturated carbocycles. The third-order valence-electron chi connectivity index (χ3n) is 4.84. The minimum Gasteiger partial charge on any atom is -0.452 e. The second-order valence-corrected chi connectivity index (χ2v) is 7.29. The number of nitrogens with zero attached hydrogens (tertiary/aromatic N) is 2. The van der Waals surface area contributed by atoms with E-state index in [0.29, 0.717) is 37.7 Å². The summed E-state index contributed by atoms with van der Waals surface area (Å²) < 4.78 is 10.6. The molecule has 2 heterocycles. The number of esters is 1. The number of para-hydroxylation sites is 1. The van der Waals surface area contributed by atoms with Crippen LogP contribution in [0.2, 0.25) is 0 Å². The molecular weight excluding hydrogens is 370 g/mol. The lowest BCUT2D eigenvalue weighted by Crippen LogP contribution is -2.37. The number of aryl methyl sites for hydroxylation is 1. The first kappa shape index (κ1) is 20.8. The highest BCUT2D eigenvalue weighted by atomic mass is 16.5. The molecule has 29 heavy (non-hydrogen) atoms. The largest absolute Gasteiger partial charge is 0.452 e. The van der Waals surface area contributed by atoms with Gasteiger partial charge in [-0.1, -0.05) is 32.0 Å². The van der Waals surface area contributed by atoms with Gasteiger partial charge in [0.2, 0.25) is 0 Å². The summed E-state index contributed by atoms with van der Waals surface area (Å²) in [4.78, 5) is 31.4. The molecule has 0 spiro atoms. The first-order valence-electron chi connectivity index (χ1n) is 9.81. The van der Waals surface area contributed by atoms with Gasteiger partial charge in [-0.05, 0) is 36.1 Å². The second kappa shape index (κ2) is 9.52. The van der Waals surface area contributed by atoms with Crippen LogP contribution in [0.5, 0.6) is 0 Å². The van der Waals surface area contributed by atoms with Gasteiger partial charge >= 0.3 is 5.97 Å². The fourth-order valence-electron chi connectivity index (χ4n) is 3.31. The van der Waals surface area contributed by atoms with Gasteiger partial charge in [-0.2, -0.15) is 0 Å². The van der Waals surface area contributed by atoms with Gasteiger partial charge < -0.3 is 19.7 Å². The SMILES string of the molecule is Cc1cccc(C(C)C)c1NC(=O)COC(=O)c1cccnc1N1CCOCC1. The Morgan fingerprint density at radius 1 is 1.21 bits per heavy atom. The summed E-state index contributed by atoms with van der Waals surface area (Å²) in [6.45, 7) is 8.20. The molecule has 0 aliphatic carbocycles. The number of ether oxygens (including phenoxy) is 2. The highest BCUT2D eigenvalue weighted by molar-refractivity contribution is 5.98. The number of carbonyl (C=O) groups excluding carboxylic acids is 2. The molecule has 1 amide bonds. The van der Waals surface area contributed by atoms with Gasteiger partial charge in [0.05, 0.1) is 13.2 Å². The standard InChI is InChI=1S/C22H27N3O4/c1-15(2)17-7-4-6-16(3)20(17)24-19(26)14-29-22(27)18-8-5-9-23-21(18)25-10-12-28-13-11-25/h4-9,15H,10-14H2,1-3H3,(H,24,26). The molecule has 1 aliphatic heterocycles.